The maximum absolute atomic E-state index is 13.0. The van der Waals surface area contributed by atoms with Gasteiger partial charge in [0, 0.05) is 30.3 Å². The molecule has 0 radical (unpaired) electrons. The lowest BCUT2D eigenvalue weighted by molar-refractivity contribution is -0.163. The largest absolute Gasteiger partial charge is 0.359 e. The van der Waals surface area contributed by atoms with Gasteiger partial charge >= 0.3 is 11.8 Å². The van der Waals surface area contributed by atoms with Crippen molar-refractivity contribution < 1.29 is 18.5 Å². The summed E-state index contributed by atoms with van der Waals surface area (Å²) in [6.45, 7) is 3.26. The van der Waals surface area contributed by atoms with Gasteiger partial charge in [0.15, 0.2) is 5.76 Å². The van der Waals surface area contributed by atoms with Crippen molar-refractivity contribution in [2.75, 3.05) is 13.1 Å². The lowest BCUT2D eigenvalue weighted by Gasteiger charge is -2.50. The van der Waals surface area contributed by atoms with E-state index in [-0.39, 0.29) is 17.9 Å². The molecule has 4 rings (SSSR count). The molecule has 0 spiro atoms. The van der Waals surface area contributed by atoms with Gasteiger partial charge in [0.2, 0.25) is 0 Å². The fourth-order valence-corrected chi connectivity index (χ4v) is 3.63. The summed E-state index contributed by atoms with van der Waals surface area (Å²) in [5.74, 6) is -0.755. The van der Waals surface area contributed by atoms with Gasteiger partial charge in [-0.15, -0.1) is 0 Å². The Balaban J connectivity index is 1.44. The predicted molar refractivity (Wildman–Crippen MR) is 91.3 cm³/mol. The molecule has 1 aliphatic heterocycles. The second kappa shape index (κ2) is 6.23. The van der Waals surface area contributed by atoms with E-state index in [0.717, 1.165) is 24.8 Å². The van der Waals surface area contributed by atoms with Crippen LogP contribution in [0.25, 0.3) is 11.3 Å². The minimum Gasteiger partial charge on any atom is -0.359 e. The van der Waals surface area contributed by atoms with E-state index in [2.05, 4.69) is 5.16 Å². The number of carbonyl (C=O) groups is 2. The SMILES string of the molecule is CC1(N2CCN(Cc3cc(-c4ccc(F)cc4)no3)C(=O)C2=O)CCC1. The lowest BCUT2D eigenvalue weighted by atomic mass is 9.76. The highest BCUT2D eigenvalue weighted by molar-refractivity contribution is 6.35. The molecule has 2 aliphatic rings. The highest BCUT2D eigenvalue weighted by Crippen LogP contribution is 2.38. The first-order valence-corrected chi connectivity index (χ1v) is 8.79. The van der Waals surface area contributed by atoms with E-state index in [4.69, 9.17) is 4.52 Å². The van der Waals surface area contributed by atoms with Crippen LogP contribution in [0.3, 0.4) is 0 Å². The maximum Gasteiger partial charge on any atom is 0.312 e. The second-order valence-electron chi connectivity index (χ2n) is 7.22. The topological polar surface area (TPSA) is 66.7 Å². The molecule has 1 saturated carbocycles. The molecule has 0 atom stereocenters. The molecule has 2 heterocycles. The van der Waals surface area contributed by atoms with Crippen molar-refractivity contribution >= 4 is 11.8 Å². The number of aromatic nitrogens is 1. The number of hydrogen-bond acceptors (Lipinski definition) is 4. The van der Waals surface area contributed by atoms with Crippen molar-refractivity contribution in [2.24, 2.45) is 0 Å². The van der Waals surface area contributed by atoms with E-state index in [1.807, 2.05) is 6.92 Å². The Kier molecular flexibility index (Phi) is 4.01. The number of halogens is 1. The molecule has 26 heavy (non-hydrogen) atoms. The molecule has 6 nitrogen and oxygen atoms in total. The molecule has 2 aromatic rings. The Bertz CT molecular complexity index is 842. The second-order valence-corrected chi connectivity index (χ2v) is 7.22. The third kappa shape index (κ3) is 2.87. The molecule has 0 unspecified atom stereocenters. The summed E-state index contributed by atoms with van der Waals surface area (Å²) in [6.07, 6.45) is 3.01. The fourth-order valence-electron chi connectivity index (χ4n) is 3.63. The lowest BCUT2D eigenvalue weighted by Crippen LogP contribution is -2.63. The van der Waals surface area contributed by atoms with Crippen molar-refractivity contribution in [2.45, 2.75) is 38.3 Å². The molecule has 7 heteroatoms. The normalized spacial score (nSPS) is 19.6. The van der Waals surface area contributed by atoms with Crippen LogP contribution in [0.5, 0.6) is 0 Å². The molecular weight excluding hydrogens is 337 g/mol. The van der Waals surface area contributed by atoms with Crippen LogP contribution in [0.2, 0.25) is 0 Å². The minimum atomic E-state index is -0.496. The van der Waals surface area contributed by atoms with E-state index < -0.39 is 11.8 Å². The van der Waals surface area contributed by atoms with Gasteiger partial charge in [-0.05, 0) is 50.5 Å². The van der Waals surface area contributed by atoms with Crippen molar-refractivity contribution in [3.8, 4) is 11.3 Å². The Hall–Kier alpha value is -2.70. The molecule has 1 aromatic heterocycles. The summed E-state index contributed by atoms with van der Waals surface area (Å²) in [5.41, 5.74) is 1.13. The van der Waals surface area contributed by atoms with Gasteiger partial charge in [-0.2, -0.15) is 0 Å². The Labute approximate surface area is 150 Å². The van der Waals surface area contributed by atoms with Crippen molar-refractivity contribution in [3.63, 3.8) is 0 Å². The van der Waals surface area contributed by atoms with Gasteiger partial charge < -0.3 is 14.3 Å². The molecule has 0 N–H and O–H groups in total. The van der Waals surface area contributed by atoms with Gasteiger partial charge in [-0.25, -0.2) is 4.39 Å². The quantitative estimate of drug-likeness (QED) is 0.789. The number of rotatable bonds is 4. The maximum atomic E-state index is 13.0. The Morgan fingerprint density at radius 1 is 1.15 bits per heavy atom. The minimum absolute atomic E-state index is 0.166. The first kappa shape index (κ1) is 16.8. The van der Waals surface area contributed by atoms with Gasteiger partial charge in [0.05, 0.1) is 6.54 Å². The standard InChI is InChI=1S/C19H20FN3O3/c1-19(7-2-8-19)23-10-9-22(17(24)18(23)25)12-15-11-16(21-26-15)13-3-5-14(20)6-4-13/h3-6,11H,2,7-10,12H2,1H3. The molecule has 1 aromatic carbocycles. The number of piperazine rings is 1. The average Bonchev–Trinajstić information content (AvgIpc) is 3.06. The van der Waals surface area contributed by atoms with Gasteiger partial charge in [-0.3, -0.25) is 9.59 Å². The third-order valence-corrected chi connectivity index (χ3v) is 5.44. The van der Waals surface area contributed by atoms with Crippen LogP contribution < -0.4 is 0 Å². The summed E-state index contributed by atoms with van der Waals surface area (Å²) in [4.78, 5) is 28.2. The number of hydrogen-bond donors (Lipinski definition) is 0. The number of nitrogens with zero attached hydrogens (tertiary/aromatic N) is 3. The first-order chi connectivity index (χ1) is 12.5. The average molecular weight is 357 g/mol. The van der Waals surface area contributed by atoms with Crippen LogP contribution in [0.4, 0.5) is 4.39 Å². The van der Waals surface area contributed by atoms with Crippen LogP contribution in [-0.2, 0) is 16.1 Å². The highest BCUT2D eigenvalue weighted by Gasteiger charge is 2.45. The van der Waals surface area contributed by atoms with Crippen LogP contribution in [0, 0.1) is 5.82 Å². The summed E-state index contributed by atoms with van der Waals surface area (Å²) in [7, 11) is 0. The molecule has 0 bridgehead atoms. The smallest absolute Gasteiger partial charge is 0.312 e. The van der Waals surface area contributed by atoms with Crippen LogP contribution in [0.1, 0.15) is 31.9 Å². The third-order valence-electron chi connectivity index (χ3n) is 5.44. The zero-order valence-electron chi connectivity index (χ0n) is 14.6. The summed E-state index contributed by atoms with van der Waals surface area (Å²) in [5, 5.41) is 3.97. The van der Waals surface area contributed by atoms with E-state index in [9.17, 15) is 14.0 Å². The fraction of sp³-hybridized carbons (Fsp3) is 0.421. The zero-order valence-corrected chi connectivity index (χ0v) is 14.6. The molecule has 1 saturated heterocycles. The molecule has 2 fully saturated rings. The van der Waals surface area contributed by atoms with Crippen molar-refractivity contribution in [3.05, 3.63) is 41.9 Å². The Morgan fingerprint density at radius 3 is 2.54 bits per heavy atom. The van der Waals surface area contributed by atoms with Gasteiger partial charge in [0.25, 0.3) is 0 Å². The molecule has 136 valence electrons. The van der Waals surface area contributed by atoms with Crippen LogP contribution >= 0.6 is 0 Å². The summed E-state index contributed by atoms with van der Waals surface area (Å²) >= 11 is 0. The number of amides is 2. The van der Waals surface area contributed by atoms with E-state index >= 15 is 0 Å². The monoisotopic (exact) mass is 357 g/mol. The first-order valence-electron chi connectivity index (χ1n) is 8.79. The summed E-state index contributed by atoms with van der Waals surface area (Å²) < 4.78 is 18.3. The van der Waals surface area contributed by atoms with Crippen molar-refractivity contribution in [1.82, 2.24) is 15.0 Å². The molecular formula is C19H20FN3O3. The van der Waals surface area contributed by atoms with Crippen LogP contribution in [0.15, 0.2) is 34.9 Å². The van der Waals surface area contributed by atoms with E-state index in [1.165, 1.54) is 17.0 Å². The summed E-state index contributed by atoms with van der Waals surface area (Å²) in [6, 6.07) is 7.65. The van der Waals surface area contributed by atoms with Gasteiger partial charge in [-0.1, -0.05) is 5.16 Å². The molecule has 1 aliphatic carbocycles. The van der Waals surface area contributed by atoms with E-state index in [0.29, 0.717) is 24.5 Å². The van der Waals surface area contributed by atoms with E-state index in [1.54, 1.807) is 23.1 Å². The number of benzene rings is 1. The van der Waals surface area contributed by atoms with Gasteiger partial charge in [0.1, 0.15) is 11.5 Å². The number of carbonyl (C=O) groups excluding carboxylic acids is 2. The van der Waals surface area contributed by atoms with Crippen LogP contribution in [-0.4, -0.2) is 45.4 Å². The zero-order chi connectivity index (χ0) is 18.3. The van der Waals surface area contributed by atoms with Crippen molar-refractivity contribution in [1.29, 1.82) is 0 Å². The predicted octanol–water partition coefficient (Wildman–Crippen LogP) is 2.59. The highest BCUT2D eigenvalue weighted by atomic mass is 19.1. The molecule has 2 amide bonds. The Morgan fingerprint density at radius 2 is 1.88 bits per heavy atom.